The Balaban J connectivity index is 0.00000218. The molecule has 0 bridgehead atoms. The molecule has 0 unspecified atom stereocenters. The molecule has 2 aromatic rings. The standard InChI is InChI=1S/C26H35NO.C2H2/c1-3-5-7-8-9-10-12-24-14-18-25(27-22-24)17-13-23-15-19-26(20-16-23)28-21-11-6-4-2;1-2/h14-16,18-20,22H,3-12,21H2,1-2H3;1-2H. The summed E-state index contributed by atoms with van der Waals surface area (Å²) < 4.78 is 5.74. The highest BCUT2D eigenvalue weighted by Gasteiger charge is 1.97. The van der Waals surface area contributed by atoms with Gasteiger partial charge in [-0.1, -0.05) is 70.8 Å². The maximum atomic E-state index is 5.74. The summed E-state index contributed by atoms with van der Waals surface area (Å²) in [5.74, 6) is 7.26. The van der Waals surface area contributed by atoms with Gasteiger partial charge in [0.15, 0.2) is 0 Å². The van der Waals surface area contributed by atoms with Crippen molar-refractivity contribution in [3.8, 4) is 30.4 Å². The smallest absolute Gasteiger partial charge is 0.119 e. The summed E-state index contributed by atoms with van der Waals surface area (Å²) in [5, 5.41) is 0. The first-order chi connectivity index (χ1) is 14.8. The maximum absolute atomic E-state index is 5.74. The Morgan fingerprint density at radius 2 is 1.43 bits per heavy atom. The lowest BCUT2D eigenvalue weighted by Crippen LogP contribution is -1.96. The number of rotatable bonds is 12. The number of terminal acetylenes is 1. The largest absolute Gasteiger partial charge is 0.494 e. The Morgan fingerprint density at radius 1 is 0.767 bits per heavy atom. The molecule has 160 valence electrons. The summed E-state index contributed by atoms with van der Waals surface area (Å²) in [5.41, 5.74) is 3.12. The predicted molar refractivity (Wildman–Crippen MR) is 129 cm³/mol. The fourth-order valence-electron chi connectivity index (χ4n) is 3.07. The Morgan fingerprint density at radius 3 is 2.10 bits per heavy atom. The number of nitrogens with zero attached hydrogens (tertiary/aromatic N) is 1. The third kappa shape index (κ3) is 11.3. The van der Waals surface area contributed by atoms with E-state index in [-0.39, 0.29) is 0 Å². The van der Waals surface area contributed by atoms with Crippen molar-refractivity contribution in [2.75, 3.05) is 6.61 Å². The number of pyridine rings is 1. The lowest BCUT2D eigenvalue weighted by atomic mass is 10.1. The zero-order chi connectivity index (χ0) is 21.9. The Hall–Kier alpha value is -2.71. The number of hydrogen-bond acceptors (Lipinski definition) is 2. The first kappa shape index (κ1) is 25.3. The first-order valence-electron chi connectivity index (χ1n) is 11.3. The average Bonchev–Trinajstić information content (AvgIpc) is 2.80. The van der Waals surface area contributed by atoms with Crippen LogP contribution >= 0.6 is 0 Å². The van der Waals surface area contributed by atoms with Crippen molar-refractivity contribution in [2.24, 2.45) is 0 Å². The van der Waals surface area contributed by atoms with Crippen molar-refractivity contribution < 1.29 is 4.74 Å². The van der Waals surface area contributed by atoms with Gasteiger partial charge in [0.25, 0.3) is 0 Å². The molecule has 0 aliphatic heterocycles. The highest BCUT2D eigenvalue weighted by Crippen LogP contribution is 2.13. The van der Waals surface area contributed by atoms with Gasteiger partial charge >= 0.3 is 0 Å². The Bertz CT molecular complexity index is 747. The van der Waals surface area contributed by atoms with Gasteiger partial charge in [0.05, 0.1) is 6.61 Å². The van der Waals surface area contributed by atoms with Crippen LogP contribution in [0.5, 0.6) is 5.75 Å². The van der Waals surface area contributed by atoms with E-state index in [0.717, 1.165) is 36.5 Å². The van der Waals surface area contributed by atoms with E-state index in [4.69, 9.17) is 4.74 Å². The topological polar surface area (TPSA) is 22.1 Å². The molecule has 0 atom stereocenters. The predicted octanol–water partition coefficient (Wildman–Crippen LogP) is 7.20. The molecule has 0 amide bonds. The molecule has 2 heteroatoms. The molecule has 1 heterocycles. The Kier molecular flexibility index (Phi) is 14.5. The molecular formula is C28H37NO. The van der Waals surface area contributed by atoms with Gasteiger partial charge < -0.3 is 4.74 Å². The van der Waals surface area contributed by atoms with Crippen LogP contribution in [-0.4, -0.2) is 11.6 Å². The van der Waals surface area contributed by atoms with Gasteiger partial charge in [-0.25, -0.2) is 4.98 Å². The number of aromatic nitrogens is 1. The summed E-state index contributed by atoms with van der Waals surface area (Å²) in [6.07, 6.45) is 22.6. The molecule has 1 aromatic heterocycles. The minimum atomic E-state index is 0.786. The summed E-state index contributed by atoms with van der Waals surface area (Å²) in [6, 6.07) is 12.2. The molecule has 0 saturated heterocycles. The van der Waals surface area contributed by atoms with Crippen LogP contribution in [-0.2, 0) is 6.42 Å². The van der Waals surface area contributed by atoms with Crippen molar-refractivity contribution in [3.05, 3.63) is 59.4 Å². The van der Waals surface area contributed by atoms with E-state index in [1.54, 1.807) is 0 Å². The van der Waals surface area contributed by atoms with Crippen LogP contribution in [0, 0.1) is 24.7 Å². The highest BCUT2D eigenvalue weighted by molar-refractivity contribution is 5.42. The monoisotopic (exact) mass is 403 g/mol. The minimum absolute atomic E-state index is 0.786. The Labute approximate surface area is 184 Å². The normalized spacial score (nSPS) is 9.73. The zero-order valence-corrected chi connectivity index (χ0v) is 18.8. The van der Waals surface area contributed by atoms with Crippen LogP contribution in [0.25, 0.3) is 0 Å². The van der Waals surface area contributed by atoms with E-state index in [1.165, 1.54) is 56.9 Å². The number of hydrogen-bond donors (Lipinski definition) is 0. The van der Waals surface area contributed by atoms with Crippen LogP contribution in [0.2, 0.25) is 0 Å². The van der Waals surface area contributed by atoms with Crippen molar-refractivity contribution in [2.45, 2.75) is 78.1 Å². The van der Waals surface area contributed by atoms with Crippen LogP contribution in [0.1, 0.15) is 88.5 Å². The van der Waals surface area contributed by atoms with E-state index in [2.05, 4.69) is 49.6 Å². The second-order valence-corrected chi connectivity index (χ2v) is 7.40. The SMILES string of the molecule is C#C.CCCCCCCCc1ccc(C#Cc2ccc(OCCCCC)cc2)nc1. The van der Waals surface area contributed by atoms with Gasteiger partial charge in [-0.05, 0) is 61.1 Å². The third-order valence-corrected chi connectivity index (χ3v) is 4.85. The zero-order valence-electron chi connectivity index (χ0n) is 18.8. The number of ether oxygens (including phenoxy) is 1. The van der Waals surface area contributed by atoms with Crippen molar-refractivity contribution >= 4 is 0 Å². The van der Waals surface area contributed by atoms with E-state index in [1.807, 2.05) is 36.5 Å². The van der Waals surface area contributed by atoms with Gasteiger partial charge in [0.2, 0.25) is 0 Å². The molecule has 30 heavy (non-hydrogen) atoms. The molecular weight excluding hydrogens is 366 g/mol. The van der Waals surface area contributed by atoms with Gasteiger partial charge in [-0.3, -0.25) is 0 Å². The summed E-state index contributed by atoms with van der Waals surface area (Å²) in [6.45, 7) is 5.24. The molecule has 2 rings (SSSR count). The molecule has 0 aliphatic carbocycles. The maximum Gasteiger partial charge on any atom is 0.119 e. The first-order valence-corrected chi connectivity index (χ1v) is 11.3. The highest BCUT2D eigenvalue weighted by atomic mass is 16.5. The molecule has 0 N–H and O–H groups in total. The van der Waals surface area contributed by atoms with Crippen LogP contribution in [0.3, 0.4) is 0 Å². The molecule has 0 fully saturated rings. The van der Waals surface area contributed by atoms with Crippen LogP contribution in [0.4, 0.5) is 0 Å². The van der Waals surface area contributed by atoms with E-state index < -0.39 is 0 Å². The molecule has 2 nitrogen and oxygen atoms in total. The average molecular weight is 404 g/mol. The lowest BCUT2D eigenvalue weighted by molar-refractivity contribution is 0.306. The number of aryl methyl sites for hydroxylation is 1. The molecule has 0 saturated carbocycles. The summed E-state index contributed by atoms with van der Waals surface area (Å²) >= 11 is 0. The van der Waals surface area contributed by atoms with E-state index in [9.17, 15) is 0 Å². The van der Waals surface area contributed by atoms with Crippen LogP contribution in [0.15, 0.2) is 42.6 Å². The van der Waals surface area contributed by atoms with E-state index >= 15 is 0 Å². The molecule has 0 aliphatic rings. The second kappa shape index (κ2) is 17.2. The van der Waals surface area contributed by atoms with Gasteiger partial charge in [0.1, 0.15) is 11.4 Å². The third-order valence-electron chi connectivity index (χ3n) is 4.85. The van der Waals surface area contributed by atoms with Gasteiger partial charge in [-0.15, -0.1) is 12.8 Å². The second-order valence-electron chi connectivity index (χ2n) is 7.40. The number of benzene rings is 1. The molecule has 0 radical (unpaired) electrons. The van der Waals surface area contributed by atoms with Crippen molar-refractivity contribution in [1.82, 2.24) is 4.98 Å². The molecule has 1 aromatic carbocycles. The van der Waals surface area contributed by atoms with Gasteiger partial charge in [0, 0.05) is 11.8 Å². The quantitative estimate of drug-likeness (QED) is 0.276. The fraction of sp³-hybridized carbons (Fsp3) is 0.464. The summed E-state index contributed by atoms with van der Waals surface area (Å²) in [7, 11) is 0. The summed E-state index contributed by atoms with van der Waals surface area (Å²) in [4.78, 5) is 4.50. The van der Waals surface area contributed by atoms with Gasteiger partial charge in [-0.2, -0.15) is 0 Å². The van der Waals surface area contributed by atoms with Crippen LogP contribution < -0.4 is 4.74 Å². The van der Waals surface area contributed by atoms with Crippen molar-refractivity contribution in [1.29, 1.82) is 0 Å². The minimum Gasteiger partial charge on any atom is -0.494 e. The molecule has 0 spiro atoms. The lowest BCUT2D eigenvalue weighted by Gasteiger charge is -2.05. The van der Waals surface area contributed by atoms with Crippen molar-refractivity contribution in [3.63, 3.8) is 0 Å². The van der Waals surface area contributed by atoms with E-state index in [0.29, 0.717) is 0 Å². The fourth-order valence-corrected chi connectivity index (χ4v) is 3.07. The number of unbranched alkanes of at least 4 members (excludes halogenated alkanes) is 7.